The zero-order valence-electron chi connectivity index (χ0n) is 14.9. The maximum absolute atomic E-state index is 11.5. The molecule has 0 unspecified atom stereocenters. The molecule has 7 heteroatoms. The number of ether oxygens (including phenoxy) is 1. The summed E-state index contributed by atoms with van der Waals surface area (Å²) >= 11 is 0. The Morgan fingerprint density at radius 2 is 2.08 bits per heavy atom. The first-order valence-electron chi connectivity index (χ1n) is 8.59. The summed E-state index contributed by atoms with van der Waals surface area (Å²) in [6, 6.07) is 7.93. The molecule has 0 bridgehead atoms. The molecule has 0 saturated carbocycles. The monoisotopic (exact) mass is 344 g/mol. The number of hydrogen-bond donors (Lipinski definition) is 0. The fraction of sp³-hybridized carbons (Fsp3) is 0.500. The second kappa shape index (κ2) is 7.65. The van der Waals surface area contributed by atoms with E-state index in [4.69, 9.17) is 9.26 Å². The van der Waals surface area contributed by atoms with Gasteiger partial charge in [0.05, 0.1) is 19.2 Å². The van der Waals surface area contributed by atoms with E-state index in [1.54, 1.807) is 0 Å². The third-order valence-corrected chi connectivity index (χ3v) is 4.58. The molecule has 1 aromatic carbocycles. The fourth-order valence-corrected chi connectivity index (χ4v) is 3.06. The van der Waals surface area contributed by atoms with Gasteiger partial charge in [0.2, 0.25) is 5.89 Å². The van der Waals surface area contributed by atoms with E-state index < -0.39 is 0 Å². The fourth-order valence-electron chi connectivity index (χ4n) is 3.06. The highest BCUT2D eigenvalue weighted by molar-refractivity contribution is 5.89. The standard InChI is InChI=1S/C18H24N4O3/c1-4-16-19-17(25-20-16)12-21-9-10-22(11-13(21)2)15-7-5-14(6-8-15)18(23)24-3/h5-8,13H,4,9-12H2,1-3H3/t13-/m1/s1. The SMILES string of the molecule is CCc1noc(CN2CCN(c3ccc(C(=O)OC)cc3)C[C@H]2C)n1. The van der Waals surface area contributed by atoms with Gasteiger partial charge >= 0.3 is 5.97 Å². The summed E-state index contributed by atoms with van der Waals surface area (Å²) < 4.78 is 10.0. The number of anilines is 1. The summed E-state index contributed by atoms with van der Waals surface area (Å²) in [5.41, 5.74) is 1.69. The molecule has 134 valence electrons. The van der Waals surface area contributed by atoms with Gasteiger partial charge in [-0.05, 0) is 31.2 Å². The quantitative estimate of drug-likeness (QED) is 0.769. The lowest BCUT2D eigenvalue weighted by atomic mass is 10.1. The number of piperazine rings is 1. The van der Waals surface area contributed by atoms with E-state index in [1.165, 1.54) is 7.11 Å². The number of nitrogens with zero attached hydrogens (tertiary/aromatic N) is 4. The third-order valence-electron chi connectivity index (χ3n) is 4.58. The molecular weight excluding hydrogens is 320 g/mol. The second-order valence-corrected chi connectivity index (χ2v) is 6.26. The minimum absolute atomic E-state index is 0.309. The normalized spacial score (nSPS) is 18.4. The van der Waals surface area contributed by atoms with Crippen molar-refractivity contribution in [3.8, 4) is 0 Å². The summed E-state index contributed by atoms with van der Waals surface area (Å²) in [5, 5.41) is 3.96. The highest BCUT2D eigenvalue weighted by Crippen LogP contribution is 2.21. The number of carbonyl (C=O) groups excluding carboxylic acids is 1. The maximum atomic E-state index is 11.5. The lowest BCUT2D eigenvalue weighted by Gasteiger charge is -2.40. The Bertz CT molecular complexity index is 713. The number of benzene rings is 1. The van der Waals surface area contributed by atoms with Gasteiger partial charge in [0.15, 0.2) is 5.82 Å². The Labute approximate surface area is 147 Å². The number of carbonyl (C=O) groups is 1. The summed E-state index contributed by atoms with van der Waals surface area (Å²) in [7, 11) is 1.39. The van der Waals surface area contributed by atoms with E-state index >= 15 is 0 Å². The third kappa shape index (κ3) is 3.99. The lowest BCUT2D eigenvalue weighted by Crippen LogP contribution is -2.51. The Kier molecular flexibility index (Phi) is 5.33. The van der Waals surface area contributed by atoms with Gasteiger partial charge in [-0.2, -0.15) is 4.98 Å². The van der Waals surface area contributed by atoms with E-state index in [-0.39, 0.29) is 5.97 Å². The molecule has 7 nitrogen and oxygen atoms in total. The van der Waals surface area contributed by atoms with Crippen molar-refractivity contribution >= 4 is 11.7 Å². The predicted molar refractivity (Wildman–Crippen MR) is 93.5 cm³/mol. The van der Waals surface area contributed by atoms with Gasteiger partial charge in [-0.1, -0.05) is 12.1 Å². The summed E-state index contributed by atoms with van der Waals surface area (Å²) in [6.07, 6.45) is 0.786. The van der Waals surface area contributed by atoms with E-state index in [0.29, 0.717) is 24.0 Å². The topological polar surface area (TPSA) is 71.7 Å². The minimum atomic E-state index is -0.309. The zero-order valence-corrected chi connectivity index (χ0v) is 14.9. The first-order chi connectivity index (χ1) is 12.1. The van der Waals surface area contributed by atoms with Gasteiger partial charge in [-0.25, -0.2) is 4.79 Å². The smallest absolute Gasteiger partial charge is 0.337 e. The van der Waals surface area contributed by atoms with Crippen LogP contribution in [0.4, 0.5) is 5.69 Å². The molecular formula is C18H24N4O3. The van der Waals surface area contributed by atoms with Crippen molar-refractivity contribution < 1.29 is 14.1 Å². The van der Waals surface area contributed by atoms with Crippen LogP contribution in [-0.2, 0) is 17.7 Å². The summed E-state index contributed by atoms with van der Waals surface area (Å²) in [6.45, 7) is 7.64. The molecule has 1 fully saturated rings. The van der Waals surface area contributed by atoms with E-state index in [2.05, 4.69) is 26.9 Å². The highest BCUT2D eigenvalue weighted by Gasteiger charge is 2.25. The lowest BCUT2D eigenvalue weighted by molar-refractivity contribution is 0.0600. The molecule has 0 spiro atoms. The van der Waals surface area contributed by atoms with Crippen LogP contribution in [0, 0.1) is 0 Å². The Morgan fingerprint density at radius 1 is 1.32 bits per heavy atom. The van der Waals surface area contributed by atoms with Crippen LogP contribution in [0.5, 0.6) is 0 Å². The van der Waals surface area contributed by atoms with Crippen LogP contribution in [0.2, 0.25) is 0 Å². The molecule has 1 atom stereocenters. The predicted octanol–water partition coefficient (Wildman–Crippen LogP) is 2.13. The number of rotatable bonds is 5. The minimum Gasteiger partial charge on any atom is -0.465 e. The van der Waals surface area contributed by atoms with Crippen LogP contribution in [0.15, 0.2) is 28.8 Å². The van der Waals surface area contributed by atoms with Crippen LogP contribution in [0.3, 0.4) is 0 Å². The summed E-state index contributed by atoms with van der Waals surface area (Å²) in [4.78, 5) is 20.6. The molecule has 1 aliphatic rings. The van der Waals surface area contributed by atoms with Gasteiger partial charge < -0.3 is 14.2 Å². The van der Waals surface area contributed by atoms with Crippen LogP contribution in [0.25, 0.3) is 0 Å². The van der Waals surface area contributed by atoms with Crippen LogP contribution in [0.1, 0.15) is 35.9 Å². The number of hydrogen-bond acceptors (Lipinski definition) is 7. The van der Waals surface area contributed by atoms with Crippen molar-refractivity contribution in [2.45, 2.75) is 32.9 Å². The van der Waals surface area contributed by atoms with Crippen molar-refractivity contribution in [2.24, 2.45) is 0 Å². The average Bonchev–Trinajstić information content (AvgIpc) is 3.10. The summed E-state index contributed by atoms with van der Waals surface area (Å²) in [5.74, 6) is 1.13. The molecule has 1 aromatic heterocycles. The van der Waals surface area contributed by atoms with Gasteiger partial charge in [0.25, 0.3) is 0 Å². The molecule has 0 N–H and O–H groups in total. The van der Waals surface area contributed by atoms with Crippen molar-refractivity contribution in [2.75, 3.05) is 31.6 Å². The zero-order chi connectivity index (χ0) is 17.8. The number of aromatic nitrogens is 2. The number of aryl methyl sites for hydroxylation is 1. The second-order valence-electron chi connectivity index (χ2n) is 6.26. The molecule has 1 aliphatic heterocycles. The van der Waals surface area contributed by atoms with E-state index in [1.807, 2.05) is 31.2 Å². The van der Waals surface area contributed by atoms with Crippen LogP contribution < -0.4 is 4.90 Å². The van der Waals surface area contributed by atoms with Gasteiger partial charge in [-0.3, -0.25) is 4.90 Å². The highest BCUT2D eigenvalue weighted by atomic mass is 16.5. The van der Waals surface area contributed by atoms with Gasteiger partial charge in [0.1, 0.15) is 0 Å². The molecule has 3 rings (SSSR count). The van der Waals surface area contributed by atoms with Crippen LogP contribution in [-0.4, -0.2) is 53.8 Å². The number of esters is 1. The molecule has 0 aliphatic carbocycles. The first-order valence-corrected chi connectivity index (χ1v) is 8.59. The van der Waals surface area contributed by atoms with E-state index in [9.17, 15) is 4.79 Å². The molecule has 0 amide bonds. The van der Waals surface area contributed by atoms with Crippen molar-refractivity contribution in [3.05, 3.63) is 41.5 Å². The Hall–Kier alpha value is -2.41. The van der Waals surface area contributed by atoms with Crippen molar-refractivity contribution in [1.29, 1.82) is 0 Å². The van der Waals surface area contributed by atoms with Crippen molar-refractivity contribution in [3.63, 3.8) is 0 Å². The van der Waals surface area contributed by atoms with E-state index in [0.717, 1.165) is 37.6 Å². The number of methoxy groups -OCH3 is 1. The molecule has 2 heterocycles. The Balaban J connectivity index is 1.60. The largest absolute Gasteiger partial charge is 0.465 e. The average molecular weight is 344 g/mol. The van der Waals surface area contributed by atoms with Crippen molar-refractivity contribution in [1.82, 2.24) is 15.0 Å². The van der Waals surface area contributed by atoms with Gasteiger partial charge in [0, 0.05) is 37.8 Å². The molecule has 2 aromatic rings. The Morgan fingerprint density at radius 3 is 2.68 bits per heavy atom. The maximum Gasteiger partial charge on any atom is 0.337 e. The van der Waals surface area contributed by atoms with Gasteiger partial charge in [-0.15, -0.1) is 0 Å². The molecule has 25 heavy (non-hydrogen) atoms. The first kappa shape index (κ1) is 17.4. The van der Waals surface area contributed by atoms with Crippen LogP contribution >= 0.6 is 0 Å². The molecule has 0 radical (unpaired) electrons. The molecule has 1 saturated heterocycles.